The molecule has 4 rings (SSSR count). The maximum Gasteiger partial charge on any atom is 0.269 e. The van der Waals surface area contributed by atoms with Gasteiger partial charge in [0.2, 0.25) is 0 Å². The minimum Gasteiger partial charge on any atom is -0.497 e. The monoisotopic (exact) mass is 375 g/mol. The molecular weight excluding hydrogens is 358 g/mol. The van der Waals surface area contributed by atoms with Crippen molar-refractivity contribution in [3.05, 3.63) is 88.5 Å². The van der Waals surface area contributed by atoms with Crippen LogP contribution in [0.5, 0.6) is 5.75 Å². The summed E-state index contributed by atoms with van der Waals surface area (Å²) in [6, 6.07) is 21.6. The van der Waals surface area contributed by atoms with Gasteiger partial charge >= 0.3 is 0 Å². The summed E-state index contributed by atoms with van der Waals surface area (Å²) in [4.78, 5) is 10.6. The van der Waals surface area contributed by atoms with Crippen LogP contribution in [0.2, 0.25) is 0 Å². The molecule has 0 amide bonds. The number of nitro groups is 1. The number of nitro benzene ring substituents is 1. The average Bonchev–Trinajstić information content (AvgIpc) is 3.16. The number of anilines is 1. The average molecular weight is 375 g/mol. The maximum atomic E-state index is 11.0. The fourth-order valence-electron chi connectivity index (χ4n) is 2.99. The van der Waals surface area contributed by atoms with E-state index in [1.165, 1.54) is 12.1 Å². The van der Waals surface area contributed by atoms with E-state index in [1.54, 1.807) is 23.9 Å². The third kappa shape index (κ3) is 3.35. The quantitative estimate of drug-likeness (QED) is 0.404. The molecule has 1 aromatic heterocycles. The van der Waals surface area contributed by atoms with Crippen LogP contribution in [0.4, 0.5) is 11.4 Å². The molecule has 0 aliphatic rings. The fourth-order valence-corrected chi connectivity index (χ4v) is 2.99. The molecule has 28 heavy (non-hydrogen) atoms. The van der Waals surface area contributed by atoms with Crippen LogP contribution in [0, 0.1) is 10.1 Å². The molecule has 1 heterocycles. The Hall–Kier alpha value is -3.94. The van der Waals surface area contributed by atoms with Crippen LogP contribution in [0.1, 0.15) is 11.7 Å². The molecule has 0 radical (unpaired) electrons. The van der Waals surface area contributed by atoms with Crippen molar-refractivity contribution < 1.29 is 9.66 Å². The first kappa shape index (κ1) is 17.5. The molecule has 0 fully saturated rings. The molecule has 8 heteroatoms. The summed E-state index contributed by atoms with van der Waals surface area (Å²) in [6.07, 6.45) is -0.401. The number of hydrogen-bond donors (Lipinski definition) is 1. The van der Waals surface area contributed by atoms with E-state index >= 15 is 0 Å². The highest BCUT2D eigenvalue weighted by atomic mass is 16.6. The molecule has 0 spiro atoms. The van der Waals surface area contributed by atoms with Gasteiger partial charge in [0, 0.05) is 17.8 Å². The first-order valence-corrected chi connectivity index (χ1v) is 8.60. The summed E-state index contributed by atoms with van der Waals surface area (Å²) in [5.74, 6) is 0.753. The third-order valence-corrected chi connectivity index (χ3v) is 4.43. The second kappa shape index (κ2) is 7.36. The standard InChI is InChI=1S/C20H17N5O3/c1-28-17-12-8-15(9-13-17)21-20(14-6-10-16(11-7-14)25(26)27)24-19-5-3-2-4-18(19)22-23-24/h2-13,20-21H,1H3. The zero-order valence-electron chi connectivity index (χ0n) is 15.0. The topological polar surface area (TPSA) is 95.1 Å². The van der Waals surface area contributed by atoms with Crippen LogP contribution in [-0.4, -0.2) is 27.0 Å². The van der Waals surface area contributed by atoms with Crippen LogP contribution in [-0.2, 0) is 0 Å². The van der Waals surface area contributed by atoms with Crippen molar-refractivity contribution in [1.29, 1.82) is 0 Å². The number of nitrogens with one attached hydrogen (secondary N) is 1. The lowest BCUT2D eigenvalue weighted by Gasteiger charge is -2.21. The Labute approximate surface area is 160 Å². The van der Waals surface area contributed by atoms with Crippen LogP contribution < -0.4 is 10.1 Å². The summed E-state index contributed by atoms with van der Waals surface area (Å²) in [6.45, 7) is 0. The summed E-state index contributed by atoms with van der Waals surface area (Å²) < 4.78 is 6.97. The molecule has 0 aliphatic heterocycles. The number of fused-ring (bicyclic) bond motifs is 1. The molecule has 140 valence electrons. The number of para-hydroxylation sites is 1. The van der Waals surface area contributed by atoms with Gasteiger partial charge in [0.1, 0.15) is 17.4 Å². The number of rotatable bonds is 6. The van der Waals surface area contributed by atoms with E-state index < -0.39 is 11.1 Å². The Morgan fingerprint density at radius 3 is 2.43 bits per heavy atom. The van der Waals surface area contributed by atoms with E-state index in [2.05, 4.69) is 15.6 Å². The minimum atomic E-state index is -0.416. The Morgan fingerprint density at radius 1 is 1.04 bits per heavy atom. The van der Waals surface area contributed by atoms with E-state index in [4.69, 9.17) is 4.74 Å². The Morgan fingerprint density at radius 2 is 1.75 bits per heavy atom. The largest absolute Gasteiger partial charge is 0.497 e. The van der Waals surface area contributed by atoms with Crippen LogP contribution in [0.3, 0.4) is 0 Å². The smallest absolute Gasteiger partial charge is 0.269 e. The van der Waals surface area contributed by atoms with Gasteiger partial charge in [-0.3, -0.25) is 10.1 Å². The van der Waals surface area contributed by atoms with E-state index in [-0.39, 0.29) is 5.69 Å². The molecular formula is C20H17N5O3. The minimum absolute atomic E-state index is 0.0374. The number of ether oxygens (including phenoxy) is 1. The molecule has 1 unspecified atom stereocenters. The number of hydrogen-bond acceptors (Lipinski definition) is 6. The lowest BCUT2D eigenvalue weighted by Crippen LogP contribution is -2.21. The fraction of sp³-hybridized carbons (Fsp3) is 0.100. The van der Waals surface area contributed by atoms with Gasteiger partial charge in [-0.1, -0.05) is 17.3 Å². The molecule has 3 aromatic carbocycles. The van der Waals surface area contributed by atoms with Crippen LogP contribution >= 0.6 is 0 Å². The van der Waals surface area contributed by atoms with E-state index in [0.29, 0.717) is 0 Å². The van der Waals surface area contributed by atoms with Gasteiger partial charge in [-0.15, -0.1) is 5.10 Å². The zero-order chi connectivity index (χ0) is 19.5. The second-order valence-electron chi connectivity index (χ2n) is 6.15. The number of methoxy groups -OCH3 is 1. The summed E-state index contributed by atoms with van der Waals surface area (Å²) in [5, 5.41) is 22.9. The number of aromatic nitrogens is 3. The molecule has 0 aliphatic carbocycles. The SMILES string of the molecule is COc1ccc(NC(c2ccc([N+](=O)[O-])cc2)n2nnc3ccccc32)cc1. The van der Waals surface area contributed by atoms with Crippen molar-refractivity contribution >= 4 is 22.4 Å². The van der Waals surface area contributed by atoms with Crippen molar-refractivity contribution in [3.8, 4) is 5.75 Å². The Bertz CT molecular complexity index is 1110. The van der Waals surface area contributed by atoms with E-state index in [1.807, 2.05) is 48.5 Å². The van der Waals surface area contributed by atoms with Crippen molar-refractivity contribution in [2.24, 2.45) is 0 Å². The molecule has 0 saturated carbocycles. The van der Waals surface area contributed by atoms with Gasteiger partial charge in [-0.2, -0.15) is 0 Å². The molecule has 1 N–H and O–H groups in total. The van der Waals surface area contributed by atoms with Gasteiger partial charge in [-0.25, -0.2) is 4.68 Å². The van der Waals surface area contributed by atoms with E-state index in [0.717, 1.165) is 28.0 Å². The van der Waals surface area contributed by atoms with Gasteiger partial charge in [0.05, 0.1) is 17.5 Å². The Kier molecular flexibility index (Phi) is 4.59. The highest BCUT2D eigenvalue weighted by Gasteiger charge is 2.19. The van der Waals surface area contributed by atoms with E-state index in [9.17, 15) is 10.1 Å². The number of nitrogens with zero attached hydrogens (tertiary/aromatic N) is 4. The van der Waals surface area contributed by atoms with Crippen LogP contribution in [0.15, 0.2) is 72.8 Å². The molecule has 4 aromatic rings. The van der Waals surface area contributed by atoms with Gasteiger partial charge in [0.15, 0.2) is 0 Å². The highest BCUT2D eigenvalue weighted by molar-refractivity contribution is 5.74. The summed E-state index contributed by atoms with van der Waals surface area (Å²) in [5.41, 5.74) is 3.33. The summed E-state index contributed by atoms with van der Waals surface area (Å²) >= 11 is 0. The molecule has 0 bridgehead atoms. The Balaban J connectivity index is 1.76. The van der Waals surface area contributed by atoms with Crippen molar-refractivity contribution in [2.45, 2.75) is 6.17 Å². The first-order valence-electron chi connectivity index (χ1n) is 8.60. The van der Waals surface area contributed by atoms with Crippen molar-refractivity contribution in [2.75, 3.05) is 12.4 Å². The predicted molar refractivity (Wildman–Crippen MR) is 105 cm³/mol. The normalized spacial score (nSPS) is 11.9. The van der Waals surface area contributed by atoms with Gasteiger partial charge in [-0.05, 0) is 54.1 Å². The van der Waals surface area contributed by atoms with Crippen molar-refractivity contribution in [1.82, 2.24) is 15.0 Å². The zero-order valence-corrected chi connectivity index (χ0v) is 15.0. The molecule has 8 nitrogen and oxygen atoms in total. The molecule has 1 atom stereocenters. The van der Waals surface area contributed by atoms with Gasteiger partial charge < -0.3 is 10.1 Å². The third-order valence-electron chi connectivity index (χ3n) is 4.43. The van der Waals surface area contributed by atoms with Gasteiger partial charge in [0.25, 0.3) is 5.69 Å². The number of non-ortho nitro benzene ring substituents is 1. The number of benzene rings is 3. The summed E-state index contributed by atoms with van der Waals surface area (Å²) in [7, 11) is 1.61. The van der Waals surface area contributed by atoms with Crippen LogP contribution in [0.25, 0.3) is 11.0 Å². The molecule has 0 saturated heterocycles. The second-order valence-corrected chi connectivity index (χ2v) is 6.15. The maximum absolute atomic E-state index is 11.0. The lowest BCUT2D eigenvalue weighted by molar-refractivity contribution is -0.384. The first-order chi connectivity index (χ1) is 13.7. The highest BCUT2D eigenvalue weighted by Crippen LogP contribution is 2.27. The van der Waals surface area contributed by atoms with Crippen molar-refractivity contribution in [3.63, 3.8) is 0 Å². The predicted octanol–water partition coefficient (Wildman–Crippen LogP) is 4.01. The lowest BCUT2D eigenvalue weighted by atomic mass is 10.1.